The van der Waals surface area contributed by atoms with Crippen molar-refractivity contribution in [2.45, 2.75) is 26.4 Å². The number of rotatable bonds is 7. The van der Waals surface area contributed by atoms with Crippen molar-refractivity contribution in [1.82, 2.24) is 30.7 Å². The van der Waals surface area contributed by atoms with Crippen molar-refractivity contribution in [3.63, 3.8) is 0 Å². The van der Waals surface area contributed by atoms with Crippen molar-refractivity contribution in [3.05, 3.63) is 48.0 Å². The number of nitrogens with one attached hydrogen (secondary N) is 3. The highest BCUT2D eigenvalue weighted by Crippen LogP contribution is 2.02. The molecule has 1 unspecified atom stereocenters. The van der Waals surface area contributed by atoms with Gasteiger partial charge in [-0.05, 0) is 26.0 Å². The maximum absolute atomic E-state index is 11.9. The third-order valence-corrected chi connectivity index (χ3v) is 3.31. The summed E-state index contributed by atoms with van der Waals surface area (Å²) in [5.74, 6) is -0.156. The average molecular weight is 330 g/mol. The minimum atomic E-state index is -0.285. The first-order chi connectivity index (χ1) is 11.5. The highest BCUT2D eigenvalue weighted by molar-refractivity contribution is 5.94. The molecule has 128 valence electrons. The first kappa shape index (κ1) is 17.5. The van der Waals surface area contributed by atoms with Crippen molar-refractivity contribution < 1.29 is 9.59 Å². The summed E-state index contributed by atoms with van der Waals surface area (Å²) in [6.45, 7) is 5.09. The van der Waals surface area contributed by atoms with Gasteiger partial charge in [0.15, 0.2) is 0 Å². The van der Waals surface area contributed by atoms with E-state index >= 15 is 0 Å². The molecule has 0 aliphatic heterocycles. The van der Waals surface area contributed by atoms with Crippen LogP contribution in [0, 0.1) is 6.92 Å². The van der Waals surface area contributed by atoms with Crippen molar-refractivity contribution in [2.75, 3.05) is 13.1 Å². The van der Waals surface area contributed by atoms with Gasteiger partial charge in [0.1, 0.15) is 12.7 Å². The van der Waals surface area contributed by atoms with Crippen LogP contribution >= 0.6 is 0 Å². The molecule has 0 spiro atoms. The second-order valence-corrected chi connectivity index (χ2v) is 5.54. The van der Waals surface area contributed by atoms with Crippen LogP contribution in [0.3, 0.4) is 0 Å². The molecular weight excluding hydrogens is 308 g/mol. The van der Waals surface area contributed by atoms with Crippen LogP contribution in [0.4, 0.5) is 4.79 Å². The summed E-state index contributed by atoms with van der Waals surface area (Å²) < 4.78 is 1.65. The third-order valence-electron chi connectivity index (χ3n) is 3.31. The van der Waals surface area contributed by atoms with Gasteiger partial charge in [-0.3, -0.25) is 9.48 Å². The maximum Gasteiger partial charge on any atom is 0.315 e. The summed E-state index contributed by atoms with van der Waals surface area (Å²) in [6.07, 6.45) is 3.04. The second-order valence-electron chi connectivity index (χ2n) is 5.54. The Morgan fingerprint density at radius 2 is 1.88 bits per heavy atom. The Morgan fingerprint density at radius 1 is 1.17 bits per heavy atom. The molecule has 8 nitrogen and oxygen atoms in total. The quantitative estimate of drug-likeness (QED) is 0.651. The number of hydrogen-bond acceptors (Lipinski definition) is 4. The fourth-order valence-corrected chi connectivity index (χ4v) is 2.09. The predicted molar refractivity (Wildman–Crippen MR) is 89.5 cm³/mol. The van der Waals surface area contributed by atoms with Gasteiger partial charge in [-0.25, -0.2) is 9.78 Å². The predicted octanol–water partition coefficient (Wildman–Crippen LogP) is 0.704. The molecular formula is C16H22N6O2. The summed E-state index contributed by atoms with van der Waals surface area (Å²) in [5, 5.41) is 12.2. The molecule has 0 aliphatic rings. The number of urea groups is 1. The summed E-state index contributed by atoms with van der Waals surface area (Å²) in [4.78, 5) is 27.5. The number of carbonyl (C=O) groups is 2. The molecule has 1 aromatic carbocycles. The largest absolute Gasteiger partial charge is 0.350 e. The Kier molecular flexibility index (Phi) is 6.30. The van der Waals surface area contributed by atoms with Gasteiger partial charge < -0.3 is 16.0 Å². The number of aromatic nitrogens is 3. The topological polar surface area (TPSA) is 101 Å². The molecule has 0 bridgehead atoms. The van der Waals surface area contributed by atoms with E-state index in [9.17, 15) is 9.59 Å². The van der Waals surface area contributed by atoms with E-state index in [2.05, 4.69) is 26.0 Å². The number of nitrogens with zero attached hydrogens (tertiary/aromatic N) is 3. The number of hydrogen-bond donors (Lipinski definition) is 3. The number of benzene rings is 1. The highest BCUT2D eigenvalue weighted by atomic mass is 16.2. The van der Waals surface area contributed by atoms with Crippen LogP contribution in [0.5, 0.6) is 0 Å². The second kappa shape index (κ2) is 8.66. The molecule has 0 aliphatic carbocycles. The van der Waals surface area contributed by atoms with Crippen LogP contribution < -0.4 is 16.0 Å². The van der Waals surface area contributed by atoms with Crippen LogP contribution in [0.2, 0.25) is 0 Å². The fourth-order valence-electron chi connectivity index (χ4n) is 2.09. The van der Waals surface area contributed by atoms with Gasteiger partial charge in [0.25, 0.3) is 5.91 Å². The van der Waals surface area contributed by atoms with E-state index in [1.54, 1.807) is 23.1 Å². The lowest BCUT2D eigenvalue weighted by Gasteiger charge is -2.14. The molecule has 0 saturated heterocycles. The molecule has 1 atom stereocenters. The van der Waals surface area contributed by atoms with Crippen molar-refractivity contribution >= 4 is 11.9 Å². The fraction of sp³-hybridized carbons (Fsp3) is 0.375. The zero-order valence-corrected chi connectivity index (χ0v) is 13.8. The van der Waals surface area contributed by atoms with Gasteiger partial charge >= 0.3 is 6.03 Å². The number of aryl methyl sites for hydroxylation is 1. The molecule has 0 radical (unpaired) electrons. The van der Waals surface area contributed by atoms with Crippen molar-refractivity contribution in [2.24, 2.45) is 0 Å². The van der Waals surface area contributed by atoms with Gasteiger partial charge in [-0.1, -0.05) is 17.7 Å². The molecule has 0 saturated carbocycles. The van der Waals surface area contributed by atoms with Crippen LogP contribution in [0.15, 0.2) is 36.9 Å². The van der Waals surface area contributed by atoms with Crippen LogP contribution in [-0.4, -0.2) is 45.8 Å². The van der Waals surface area contributed by atoms with Crippen LogP contribution in [0.1, 0.15) is 22.8 Å². The zero-order valence-electron chi connectivity index (χ0n) is 13.8. The Bertz CT molecular complexity index is 654. The lowest BCUT2D eigenvalue weighted by atomic mass is 10.1. The molecule has 24 heavy (non-hydrogen) atoms. The smallest absolute Gasteiger partial charge is 0.315 e. The first-order valence-corrected chi connectivity index (χ1v) is 7.76. The average Bonchev–Trinajstić information content (AvgIpc) is 3.04. The minimum absolute atomic E-state index is 0.0890. The first-order valence-electron chi connectivity index (χ1n) is 7.76. The summed E-state index contributed by atoms with van der Waals surface area (Å²) in [6, 6.07) is 6.95. The van der Waals surface area contributed by atoms with Gasteiger partial charge in [0.2, 0.25) is 0 Å². The highest BCUT2D eigenvalue weighted by Gasteiger charge is 2.08. The molecule has 2 aromatic rings. The van der Waals surface area contributed by atoms with Crippen molar-refractivity contribution in [1.29, 1.82) is 0 Å². The Labute approximate surface area is 140 Å². The summed E-state index contributed by atoms with van der Waals surface area (Å²) in [5.41, 5.74) is 1.71. The lowest BCUT2D eigenvalue weighted by molar-refractivity contribution is 0.0954. The van der Waals surface area contributed by atoms with Crippen LogP contribution in [-0.2, 0) is 6.54 Å². The van der Waals surface area contributed by atoms with Crippen molar-refractivity contribution in [3.8, 4) is 0 Å². The lowest BCUT2D eigenvalue weighted by Crippen LogP contribution is -2.44. The monoisotopic (exact) mass is 330 g/mol. The summed E-state index contributed by atoms with van der Waals surface area (Å²) >= 11 is 0. The molecule has 0 fully saturated rings. The van der Waals surface area contributed by atoms with E-state index < -0.39 is 0 Å². The Balaban J connectivity index is 1.62. The zero-order chi connectivity index (χ0) is 17.4. The minimum Gasteiger partial charge on any atom is -0.350 e. The van der Waals surface area contributed by atoms with E-state index in [-0.39, 0.29) is 18.0 Å². The van der Waals surface area contributed by atoms with E-state index in [1.165, 1.54) is 6.33 Å². The van der Waals surface area contributed by atoms with Gasteiger partial charge in [0, 0.05) is 24.7 Å². The standard InChI is InChI=1S/C16H22N6O2/c1-12-3-5-14(6-4-12)15(23)18-7-8-19-16(24)21-13(2)9-22-11-17-10-20-22/h3-6,10-11,13H,7-9H2,1-2H3,(H,18,23)(H2,19,21,24). The van der Waals surface area contributed by atoms with Crippen LogP contribution in [0.25, 0.3) is 0 Å². The molecule has 3 amide bonds. The van der Waals surface area contributed by atoms with Gasteiger partial charge in [-0.15, -0.1) is 0 Å². The SMILES string of the molecule is Cc1ccc(C(=O)NCCNC(=O)NC(C)Cn2cncn2)cc1. The number of amides is 3. The number of carbonyl (C=O) groups excluding carboxylic acids is 2. The normalized spacial score (nSPS) is 11.6. The molecule has 8 heteroatoms. The maximum atomic E-state index is 11.9. The Morgan fingerprint density at radius 3 is 2.54 bits per heavy atom. The third kappa shape index (κ3) is 5.71. The van der Waals surface area contributed by atoms with E-state index in [0.717, 1.165) is 5.56 Å². The molecule has 2 rings (SSSR count). The van der Waals surface area contributed by atoms with E-state index in [0.29, 0.717) is 25.2 Å². The molecule has 1 heterocycles. The van der Waals surface area contributed by atoms with E-state index in [4.69, 9.17) is 0 Å². The Hall–Kier alpha value is -2.90. The van der Waals surface area contributed by atoms with Gasteiger partial charge in [-0.2, -0.15) is 5.10 Å². The molecule has 1 aromatic heterocycles. The van der Waals surface area contributed by atoms with E-state index in [1.807, 2.05) is 26.0 Å². The molecule has 3 N–H and O–H groups in total. The van der Waals surface area contributed by atoms with Gasteiger partial charge in [0.05, 0.1) is 6.54 Å². The summed E-state index contributed by atoms with van der Waals surface area (Å²) in [7, 11) is 0.